The van der Waals surface area contributed by atoms with Crippen molar-refractivity contribution >= 4 is 11.8 Å². The average molecular weight is 210 g/mol. The number of aliphatic hydroxyl groups is 1. The van der Waals surface area contributed by atoms with E-state index in [9.17, 15) is 10.1 Å². The van der Waals surface area contributed by atoms with E-state index in [0.29, 0.717) is 0 Å². The van der Waals surface area contributed by atoms with Crippen LogP contribution in [-0.2, 0) is 0 Å². The van der Waals surface area contributed by atoms with Crippen LogP contribution in [0.4, 0.5) is 5.69 Å². The second-order valence-electron chi connectivity index (χ2n) is 2.60. The third-order valence-electron chi connectivity index (χ3n) is 1.66. The number of methoxy groups -OCH3 is 1. The minimum Gasteiger partial charge on any atom is -0.481 e. The van der Waals surface area contributed by atoms with Crippen molar-refractivity contribution < 1.29 is 14.8 Å². The van der Waals surface area contributed by atoms with Gasteiger partial charge in [-0.1, -0.05) is 6.08 Å². The van der Waals surface area contributed by atoms with Crippen molar-refractivity contribution in [3.05, 3.63) is 34.0 Å². The summed E-state index contributed by atoms with van der Waals surface area (Å²) in [6, 6.07) is 2.72. The fraction of sp³-hybridized carbons (Fsp3) is 0.222. The molecule has 0 aliphatic heterocycles. The van der Waals surface area contributed by atoms with Gasteiger partial charge >= 0.3 is 0 Å². The molecule has 1 aromatic rings. The lowest BCUT2D eigenvalue weighted by molar-refractivity contribution is -0.385. The number of aromatic nitrogens is 1. The minimum absolute atomic E-state index is 0.125. The molecule has 1 rings (SSSR count). The number of hydrogen-bond donors (Lipinski definition) is 1. The molecular weight excluding hydrogens is 200 g/mol. The third kappa shape index (κ3) is 2.75. The summed E-state index contributed by atoms with van der Waals surface area (Å²) in [4.78, 5) is 14.0. The Kier molecular flexibility index (Phi) is 3.75. The fourth-order valence-corrected chi connectivity index (χ4v) is 1.00. The monoisotopic (exact) mass is 210 g/mol. The molecule has 1 aromatic heterocycles. The minimum atomic E-state index is -0.538. The highest BCUT2D eigenvalue weighted by Gasteiger charge is 2.13. The molecule has 1 heterocycles. The highest BCUT2D eigenvalue weighted by Crippen LogP contribution is 2.21. The van der Waals surface area contributed by atoms with E-state index >= 15 is 0 Å². The van der Waals surface area contributed by atoms with Crippen LogP contribution in [-0.4, -0.2) is 28.7 Å². The van der Waals surface area contributed by atoms with Crippen molar-refractivity contribution in [3.8, 4) is 5.88 Å². The topological polar surface area (TPSA) is 85.5 Å². The van der Waals surface area contributed by atoms with Crippen LogP contribution in [0.1, 0.15) is 5.69 Å². The lowest BCUT2D eigenvalue weighted by atomic mass is 10.3. The first-order valence-corrected chi connectivity index (χ1v) is 4.16. The zero-order chi connectivity index (χ0) is 11.3. The third-order valence-corrected chi connectivity index (χ3v) is 1.66. The number of rotatable bonds is 4. The van der Waals surface area contributed by atoms with E-state index in [1.165, 1.54) is 31.4 Å². The van der Waals surface area contributed by atoms with Gasteiger partial charge in [0.2, 0.25) is 5.88 Å². The molecule has 0 fully saturated rings. The Bertz CT molecular complexity index is 390. The standard InChI is InChI=1S/C9H10N2O4/c1-15-9-5-4-8(11(13)14)7(10-9)3-2-6-12/h2-5,12H,6H2,1H3. The van der Waals surface area contributed by atoms with Gasteiger partial charge in [0.25, 0.3) is 5.69 Å². The molecule has 80 valence electrons. The van der Waals surface area contributed by atoms with E-state index in [0.717, 1.165) is 0 Å². The number of hydrogen-bond acceptors (Lipinski definition) is 5. The summed E-state index contributed by atoms with van der Waals surface area (Å²) in [5.74, 6) is 0.290. The molecule has 0 aliphatic carbocycles. The van der Waals surface area contributed by atoms with Crippen molar-refractivity contribution in [2.24, 2.45) is 0 Å². The second-order valence-corrected chi connectivity index (χ2v) is 2.60. The number of ether oxygens (including phenoxy) is 1. The van der Waals surface area contributed by atoms with Crippen LogP contribution in [0.5, 0.6) is 5.88 Å². The molecule has 6 nitrogen and oxygen atoms in total. The average Bonchev–Trinajstić information content (AvgIpc) is 2.25. The summed E-state index contributed by atoms with van der Waals surface area (Å²) in [5, 5.41) is 19.2. The fourth-order valence-electron chi connectivity index (χ4n) is 1.00. The number of nitro groups is 1. The summed E-state index contributed by atoms with van der Waals surface area (Å²) in [7, 11) is 1.42. The van der Waals surface area contributed by atoms with Crippen LogP contribution >= 0.6 is 0 Å². The highest BCUT2D eigenvalue weighted by molar-refractivity contribution is 5.57. The molecule has 0 unspecified atom stereocenters. The molecule has 0 saturated heterocycles. The molecule has 0 aromatic carbocycles. The molecule has 0 radical (unpaired) electrons. The quantitative estimate of drug-likeness (QED) is 0.592. The Labute approximate surface area is 86.0 Å². The molecule has 0 amide bonds. The van der Waals surface area contributed by atoms with Gasteiger partial charge in [-0.15, -0.1) is 0 Å². The van der Waals surface area contributed by atoms with E-state index in [1.54, 1.807) is 0 Å². The Hall–Kier alpha value is -1.95. The van der Waals surface area contributed by atoms with Gasteiger partial charge in [-0.25, -0.2) is 4.98 Å². The predicted molar refractivity (Wildman–Crippen MR) is 53.6 cm³/mol. The van der Waals surface area contributed by atoms with Crippen molar-refractivity contribution in [3.63, 3.8) is 0 Å². The normalized spacial score (nSPS) is 10.5. The Morgan fingerprint density at radius 2 is 2.40 bits per heavy atom. The maximum Gasteiger partial charge on any atom is 0.295 e. The smallest absolute Gasteiger partial charge is 0.295 e. The van der Waals surface area contributed by atoms with Gasteiger partial charge in [0, 0.05) is 12.1 Å². The molecule has 0 spiro atoms. The van der Waals surface area contributed by atoms with Gasteiger partial charge < -0.3 is 9.84 Å². The van der Waals surface area contributed by atoms with Gasteiger partial charge in [0.15, 0.2) is 0 Å². The molecule has 0 bridgehead atoms. The lowest BCUT2D eigenvalue weighted by Crippen LogP contribution is -1.96. The molecular formula is C9H10N2O4. The highest BCUT2D eigenvalue weighted by atomic mass is 16.6. The SMILES string of the molecule is COc1ccc([N+](=O)[O-])c(C=CCO)n1. The number of nitrogens with zero attached hydrogens (tertiary/aromatic N) is 2. The summed E-state index contributed by atoms with van der Waals surface area (Å²) >= 11 is 0. The maximum atomic E-state index is 10.6. The van der Waals surface area contributed by atoms with Gasteiger partial charge in [0.1, 0.15) is 5.69 Å². The zero-order valence-corrected chi connectivity index (χ0v) is 8.08. The first kappa shape index (κ1) is 11.1. The lowest BCUT2D eigenvalue weighted by Gasteiger charge is -2.00. The van der Waals surface area contributed by atoms with E-state index in [1.807, 2.05) is 0 Å². The largest absolute Gasteiger partial charge is 0.481 e. The molecule has 6 heteroatoms. The van der Waals surface area contributed by atoms with Crippen LogP contribution in [0, 0.1) is 10.1 Å². The van der Waals surface area contributed by atoms with Crippen LogP contribution in [0.2, 0.25) is 0 Å². The van der Waals surface area contributed by atoms with E-state index in [2.05, 4.69) is 4.98 Å². The Morgan fingerprint density at radius 1 is 1.67 bits per heavy atom. The summed E-state index contributed by atoms with van der Waals surface area (Å²) in [5.41, 5.74) is 0.0360. The first-order chi connectivity index (χ1) is 7.19. The Morgan fingerprint density at radius 3 is 2.93 bits per heavy atom. The van der Waals surface area contributed by atoms with Gasteiger partial charge in [-0.3, -0.25) is 10.1 Å². The van der Waals surface area contributed by atoms with E-state index < -0.39 is 4.92 Å². The molecule has 0 aliphatic rings. The zero-order valence-electron chi connectivity index (χ0n) is 8.08. The second kappa shape index (κ2) is 5.06. The van der Waals surface area contributed by atoms with Crippen LogP contribution in [0.3, 0.4) is 0 Å². The number of pyridine rings is 1. The summed E-state index contributed by atoms with van der Waals surface area (Å²) in [6.45, 7) is -0.198. The van der Waals surface area contributed by atoms with Crippen LogP contribution in [0.15, 0.2) is 18.2 Å². The van der Waals surface area contributed by atoms with Crippen LogP contribution in [0.25, 0.3) is 6.08 Å². The van der Waals surface area contributed by atoms with Crippen molar-refractivity contribution in [1.82, 2.24) is 4.98 Å². The Balaban J connectivity index is 3.16. The first-order valence-electron chi connectivity index (χ1n) is 4.16. The number of aliphatic hydroxyl groups excluding tert-OH is 1. The molecule has 15 heavy (non-hydrogen) atoms. The van der Waals surface area contributed by atoms with Gasteiger partial charge in [-0.2, -0.15) is 0 Å². The molecule has 0 atom stereocenters. The van der Waals surface area contributed by atoms with Crippen LogP contribution < -0.4 is 4.74 Å². The predicted octanol–water partition coefficient (Wildman–Crippen LogP) is 1.00. The van der Waals surface area contributed by atoms with Gasteiger partial charge in [-0.05, 0) is 6.08 Å². The molecule has 0 saturated carbocycles. The van der Waals surface area contributed by atoms with Crippen molar-refractivity contribution in [1.29, 1.82) is 0 Å². The molecule has 1 N–H and O–H groups in total. The summed E-state index contributed by atoms with van der Waals surface area (Å²) in [6.07, 6.45) is 2.75. The van der Waals surface area contributed by atoms with E-state index in [-0.39, 0.29) is 23.9 Å². The maximum absolute atomic E-state index is 10.6. The van der Waals surface area contributed by atoms with Crippen molar-refractivity contribution in [2.45, 2.75) is 0 Å². The summed E-state index contributed by atoms with van der Waals surface area (Å²) < 4.78 is 4.84. The van der Waals surface area contributed by atoms with E-state index in [4.69, 9.17) is 9.84 Å². The van der Waals surface area contributed by atoms with Gasteiger partial charge in [0.05, 0.1) is 18.6 Å². The van der Waals surface area contributed by atoms with Crippen molar-refractivity contribution in [2.75, 3.05) is 13.7 Å².